The number of nitrogens with one attached hydrogen (secondary N) is 1. The number of sulfonamides is 1. The maximum atomic E-state index is 15.0. The van der Waals surface area contributed by atoms with Crippen LogP contribution in [-0.4, -0.2) is 69.8 Å². The van der Waals surface area contributed by atoms with Gasteiger partial charge in [0.25, 0.3) is 10.0 Å². The van der Waals surface area contributed by atoms with Gasteiger partial charge in [-0.3, -0.25) is 14.6 Å². The molecular weight excluding hydrogens is 497 g/mol. The minimum Gasteiger partial charge on any atom is -0.480 e. The van der Waals surface area contributed by atoms with Gasteiger partial charge in [-0.2, -0.15) is 0 Å². The summed E-state index contributed by atoms with van der Waals surface area (Å²) in [6, 6.07) is 9.69. The second kappa shape index (κ2) is 11.0. The molecule has 2 saturated heterocycles. The highest BCUT2D eigenvalue weighted by Gasteiger charge is 2.24. The molecule has 37 heavy (non-hydrogen) atoms. The molecule has 1 aromatic carbocycles. The summed E-state index contributed by atoms with van der Waals surface area (Å²) < 4.78 is 55.0. The summed E-state index contributed by atoms with van der Waals surface area (Å²) in [6.07, 6.45) is 5.38. The molecule has 0 radical (unpaired) electrons. The van der Waals surface area contributed by atoms with Gasteiger partial charge in [-0.05, 0) is 61.8 Å². The zero-order chi connectivity index (χ0) is 25.8. The molecular formula is C26H30FN5O4S. The van der Waals surface area contributed by atoms with E-state index in [9.17, 15) is 8.42 Å². The molecule has 0 aliphatic carbocycles. The molecule has 0 saturated carbocycles. The SMILES string of the molecule is COc1ncc(N2CCOCC2)cc1S(=O)(=O)Nc1ccnc(-c2ccc(CN3CCCC3)cc2F)c1. The minimum atomic E-state index is -4.07. The number of aromatic nitrogens is 2. The summed E-state index contributed by atoms with van der Waals surface area (Å²) >= 11 is 0. The van der Waals surface area contributed by atoms with Crippen LogP contribution in [0.2, 0.25) is 0 Å². The largest absolute Gasteiger partial charge is 0.480 e. The highest BCUT2D eigenvalue weighted by atomic mass is 32.2. The Hall–Kier alpha value is -3.28. The zero-order valence-corrected chi connectivity index (χ0v) is 21.5. The lowest BCUT2D eigenvalue weighted by molar-refractivity contribution is 0.122. The molecule has 2 aliphatic rings. The van der Waals surface area contributed by atoms with Crippen LogP contribution < -0.4 is 14.4 Å². The normalized spacial score (nSPS) is 16.6. The van der Waals surface area contributed by atoms with Crippen LogP contribution in [0.1, 0.15) is 18.4 Å². The van der Waals surface area contributed by atoms with Crippen molar-refractivity contribution in [3.63, 3.8) is 0 Å². The van der Waals surface area contributed by atoms with E-state index in [0.717, 1.165) is 18.7 Å². The Morgan fingerprint density at radius 1 is 1.05 bits per heavy atom. The van der Waals surface area contributed by atoms with Crippen molar-refractivity contribution >= 4 is 21.4 Å². The molecule has 4 heterocycles. The second-order valence-corrected chi connectivity index (χ2v) is 10.8. The van der Waals surface area contributed by atoms with Crippen LogP contribution >= 0.6 is 0 Å². The third-order valence-corrected chi connectivity index (χ3v) is 7.97. The molecule has 0 amide bonds. The summed E-state index contributed by atoms with van der Waals surface area (Å²) in [4.78, 5) is 12.7. The van der Waals surface area contributed by atoms with Gasteiger partial charge in [0.1, 0.15) is 5.82 Å². The Labute approximate surface area is 216 Å². The predicted octanol–water partition coefficient (Wildman–Crippen LogP) is 3.52. The van der Waals surface area contributed by atoms with Crippen molar-refractivity contribution in [2.24, 2.45) is 0 Å². The number of hydrogen-bond donors (Lipinski definition) is 1. The summed E-state index contributed by atoms with van der Waals surface area (Å²) in [6.45, 7) is 5.16. The van der Waals surface area contributed by atoms with Gasteiger partial charge in [-0.1, -0.05) is 6.07 Å². The lowest BCUT2D eigenvalue weighted by atomic mass is 10.1. The van der Waals surface area contributed by atoms with E-state index in [1.807, 2.05) is 11.0 Å². The number of nitrogens with zero attached hydrogens (tertiary/aromatic N) is 4. The monoisotopic (exact) mass is 527 g/mol. The van der Waals surface area contributed by atoms with Gasteiger partial charge in [-0.25, -0.2) is 17.8 Å². The van der Waals surface area contributed by atoms with Crippen LogP contribution in [0.15, 0.2) is 53.7 Å². The molecule has 0 unspecified atom stereocenters. The molecule has 0 spiro atoms. The zero-order valence-electron chi connectivity index (χ0n) is 20.7. The van der Waals surface area contributed by atoms with Gasteiger partial charge in [0.15, 0.2) is 4.90 Å². The maximum absolute atomic E-state index is 15.0. The number of halogens is 1. The number of ether oxygens (including phenoxy) is 2. The van der Waals surface area contributed by atoms with Gasteiger partial charge in [-0.15, -0.1) is 0 Å². The lowest BCUT2D eigenvalue weighted by Gasteiger charge is -2.29. The van der Waals surface area contributed by atoms with Gasteiger partial charge in [0.2, 0.25) is 5.88 Å². The van der Waals surface area contributed by atoms with Gasteiger partial charge < -0.3 is 14.4 Å². The van der Waals surface area contributed by atoms with Crippen LogP contribution in [0.4, 0.5) is 15.8 Å². The number of pyridine rings is 2. The molecule has 3 aromatic rings. The molecule has 5 rings (SSSR count). The highest BCUT2D eigenvalue weighted by molar-refractivity contribution is 7.92. The Balaban J connectivity index is 1.38. The Morgan fingerprint density at radius 3 is 2.57 bits per heavy atom. The van der Waals surface area contributed by atoms with E-state index in [2.05, 4.69) is 19.6 Å². The molecule has 11 heteroatoms. The topological polar surface area (TPSA) is 96.9 Å². The van der Waals surface area contributed by atoms with Crippen LogP contribution in [0.5, 0.6) is 5.88 Å². The van der Waals surface area contributed by atoms with E-state index in [1.54, 1.807) is 18.3 Å². The van der Waals surface area contributed by atoms with Crippen molar-refractivity contribution in [3.8, 4) is 17.1 Å². The molecule has 196 valence electrons. The Kier molecular flexibility index (Phi) is 7.54. The first kappa shape index (κ1) is 25.4. The Bertz CT molecular complexity index is 1360. The minimum absolute atomic E-state index is 0.0153. The van der Waals surface area contributed by atoms with E-state index < -0.39 is 15.8 Å². The van der Waals surface area contributed by atoms with E-state index in [0.29, 0.717) is 49.8 Å². The summed E-state index contributed by atoms with van der Waals surface area (Å²) in [5.41, 5.74) is 2.46. The van der Waals surface area contributed by atoms with Crippen molar-refractivity contribution in [2.45, 2.75) is 24.3 Å². The highest BCUT2D eigenvalue weighted by Crippen LogP contribution is 2.30. The van der Waals surface area contributed by atoms with Crippen molar-refractivity contribution in [3.05, 3.63) is 60.2 Å². The van der Waals surface area contributed by atoms with Crippen molar-refractivity contribution in [1.29, 1.82) is 0 Å². The van der Waals surface area contributed by atoms with E-state index >= 15 is 4.39 Å². The molecule has 2 aromatic heterocycles. The molecule has 0 bridgehead atoms. The van der Waals surface area contributed by atoms with E-state index in [4.69, 9.17) is 9.47 Å². The third kappa shape index (κ3) is 5.84. The van der Waals surface area contributed by atoms with Crippen LogP contribution in [0.3, 0.4) is 0 Å². The van der Waals surface area contributed by atoms with Crippen molar-refractivity contribution in [1.82, 2.24) is 14.9 Å². The molecule has 2 fully saturated rings. The van der Waals surface area contributed by atoms with Crippen LogP contribution in [-0.2, 0) is 21.3 Å². The number of rotatable bonds is 8. The van der Waals surface area contributed by atoms with Gasteiger partial charge >= 0.3 is 0 Å². The van der Waals surface area contributed by atoms with Crippen molar-refractivity contribution < 1.29 is 22.3 Å². The summed E-state index contributed by atoms with van der Waals surface area (Å²) in [7, 11) is -2.70. The third-order valence-electron chi connectivity index (χ3n) is 6.59. The molecule has 0 atom stereocenters. The molecule has 2 aliphatic heterocycles. The first-order valence-corrected chi connectivity index (χ1v) is 13.8. The Morgan fingerprint density at radius 2 is 1.84 bits per heavy atom. The fraction of sp³-hybridized carbons (Fsp3) is 0.385. The number of benzene rings is 1. The fourth-order valence-electron chi connectivity index (χ4n) is 4.68. The average Bonchev–Trinajstić information content (AvgIpc) is 3.42. The number of likely N-dealkylation sites (tertiary alicyclic amines) is 1. The van der Waals surface area contributed by atoms with Gasteiger partial charge in [0.05, 0.1) is 43.6 Å². The molecule has 9 nitrogen and oxygen atoms in total. The quantitative estimate of drug-likeness (QED) is 0.475. The fourth-order valence-corrected chi connectivity index (χ4v) is 5.87. The van der Waals surface area contributed by atoms with Crippen LogP contribution in [0, 0.1) is 5.82 Å². The average molecular weight is 528 g/mol. The summed E-state index contributed by atoms with van der Waals surface area (Å²) in [5.74, 6) is -0.410. The van der Waals surface area contributed by atoms with Crippen LogP contribution in [0.25, 0.3) is 11.3 Å². The number of hydrogen-bond acceptors (Lipinski definition) is 8. The standard InChI is InChI=1S/C26H30FN5O4S/c1-35-26-25(16-21(17-29-26)32-10-12-36-13-11-32)37(33,34)30-20-6-7-28-24(15-20)22-5-4-19(14-23(22)27)18-31-8-2-3-9-31/h4-7,14-17H,2-3,8-13,18H2,1H3,(H,28,30). The number of anilines is 2. The van der Waals surface area contributed by atoms with E-state index in [1.165, 1.54) is 44.3 Å². The smallest absolute Gasteiger partial charge is 0.267 e. The first-order chi connectivity index (χ1) is 17.9. The second-order valence-electron chi connectivity index (χ2n) is 9.13. The number of methoxy groups -OCH3 is 1. The molecule has 1 N–H and O–H groups in total. The van der Waals surface area contributed by atoms with Crippen molar-refractivity contribution in [2.75, 3.05) is 56.1 Å². The first-order valence-electron chi connectivity index (χ1n) is 12.3. The predicted molar refractivity (Wildman–Crippen MR) is 139 cm³/mol. The lowest BCUT2D eigenvalue weighted by Crippen LogP contribution is -2.36. The maximum Gasteiger partial charge on any atom is 0.267 e. The number of morpholine rings is 1. The van der Waals surface area contributed by atoms with Gasteiger partial charge in [0, 0.05) is 31.4 Å². The summed E-state index contributed by atoms with van der Waals surface area (Å²) in [5, 5.41) is 0. The van der Waals surface area contributed by atoms with E-state index in [-0.39, 0.29) is 16.5 Å².